The number of carbonyl (C=O) groups excluding carboxylic acids is 2. The topological polar surface area (TPSA) is 83.8 Å². The van der Waals surface area contributed by atoms with Crippen LogP contribution in [0, 0.1) is 0 Å². The van der Waals surface area contributed by atoms with Gasteiger partial charge < -0.3 is 5.32 Å². The minimum absolute atomic E-state index is 0.00444. The summed E-state index contributed by atoms with van der Waals surface area (Å²) >= 11 is 2.96. The van der Waals surface area contributed by atoms with E-state index in [1.807, 2.05) is 11.4 Å². The molecule has 1 aliphatic carbocycles. The van der Waals surface area contributed by atoms with Crippen molar-refractivity contribution in [3.8, 4) is 0 Å². The molecule has 1 aliphatic heterocycles. The number of hydrogen-bond acceptors (Lipinski definition) is 6. The average Bonchev–Trinajstić information content (AvgIpc) is 3.32. The van der Waals surface area contributed by atoms with E-state index in [1.54, 1.807) is 22.9 Å². The zero-order valence-corrected chi connectivity index (χ0v) is 15.2. The second-order valence-electron chi connectivity index (χ2n) is 6.48. The molecule has 0 unspecified atom stereocenters. The standard InChI is InChI=1S/C17H14N4O3S2/c22-13-8-10(18-16-20(13)5-7-26-16)9-21-14(23)17(19-15(21)24)4-1-2-12-11(17)3-6-25-12/h3,5-8H,1-2,4,9H2,(H,19,24)/t17-/m1/s1. The molecule has 1 atom stereocenters. The third-order valence-corrected chi connectivity index (χ3v) is 6.75. The molecule has 0 radical (unpaired) electrons. The summed E-state index contributed by atoms with van der Waals surface area (Å²) in [5.74, 6) is -0.255. The van der Waals surface area contributed by atoms with E-state index in [4.69, 9.17) is 0 Å². The lowest BCUT2D eigenvalue weighted by Crippen LogP contribution is -2.46. The van der Waals surface area contributed by atoms with Crippen LogP contribution in [0.3, 0.4) is 0 Å². The summed E-state index contributed by atoms with van der Waals surface area (Å²) in [5.41, 5.74) is 0.147. The fourth-order valence-corrected chi connectivity index (χ4v) is 5.55. The summed E-state index contributed by atoms with van der Waals surface area (Å²) in [6.07, 6.45) is 4.04. The van der Waals surface area contributed by atoms with Crippen molar-refractivity contribution in [1.29, 1.82) is 0 Å². The van der Waals surface area contributed by atoms with E-state index in [0.29, 0.717) is 17.1 Å². The van der Waals surface area contributed by atoms with Crippen LogP contribution in [0.25, 0.3) is 4.96 Å². The molecule has 132 valence electrons. The number of aryl methyl sites for hydroxylation is 1. The molecule has 3 amide bonds. The zero-order chi connectivity index (χ0) is 17.9. The predicted octanol–water partition coefficient (Wildman–Crippen LogP) is 2.10. The maximum Gasteiger partial charge on any atom is 0.325 e. The number of nitrogens with one attached hydrogen (secondary N) is 1. The van der Waals surface area contributed by atoms with E-state index in [0.717, 1.165) is 23.3 Å². The number of thiophene rings is 1. The average molecular weight is 386 g/mol. The molecule has 4 heterocycles. The van der Waals surface area contributed by atoms with Gasteiger partial charge in [0, 0.05) is 28.1 Å². The first-order valence-corrected chi connectivity index (χ1v) is 10.0. The van der Waals surface area contributed by atoms with Gasteiger partial charge in [0.2, 0.25) is 0 Å². The van der Waals surface area contributed by atoms with Gasteiger partial charge in [0.05, 0.1) is 12.2 Å². The highest BCUT2D eigenvalue weighted by Gasteiger charge is 2.54. The first-order valence-electron chi connectivity index (χ1n) is 8.25. The molecule has 1 fully saturated rings. The highest BCUT2D eigenvalue weighted by Crippen LogP contribution is 2.42. The Hall–Kier alpha value is -2.52. The van der Waals surface area contributed by atoms with Crippen LogP contribution >= 0.6 is 22.7 Å². The predicted molar refractivity (Wildman–Crippen MR) is 97.4 cm³/mol. The fourth-order valence-electron chi connectivity index (χ4n) is 3.82. The second-order valence-corrected chi connectivity index (χ2v) is 8.35. The molecule has 1 spiro atoms. The molecule has 5 rings (SSSR count). The van der Waals surface area contributed by atoms with Crippen molar-refractivity contribution in [2.45, 2.75) is 31.3 Å². The van der Waals surface area contributed by atoms with E-state index >= 15 is 0 Å². The van der Waals surface area contributed by atoms with E-state index in [2.05, 4.69) is 10.3 Å². The number of aromatic nitrogens is 2. The number of nitrogens with zero attached hydrogens (tertiary/aromatic N) is 3. The number of rotatable bonds is 2. The Morgan fingerprint density at radius 2 is 2.12 bits per heavy atom. The van der Waals surface area contributed by atoms with Crippen LogP contribution in [0.15, 0.2) is 33.9 Å². The molecular weight excluding hydrogens is 372 g/mol. The largest absolute Gasteiger partial charge is 0.325 e. The van der Waals surface area contributed by atoms with Crippen molar-refractivity contribution >= 4 is 39.6 Å². The Morgan fingerprint density at radius 1 is 1.23 bits per heavy atom. The first kappa shape index (κ1) is 15.7. The van der Waals surface area contributed by atoms with Gasteiger partial charge in [-0.3, -0.25) is 18.9 Å². The van der Waals surface area contributed by atoms with Crippen LogP contribution in [0.4, 0.5) is 4.79 Å². The van der Waals surface area contributed by atoms with Gasteiger partial charge in [-0.05, 0) is 30.7 Å². The smallest absolute Gasteiger partial charge is 0.319 e. The minimum Gasteiger partial charge on any atom is -0.319 e. The summed E-state index contributed by atoms with van der Waals surface area (Å²) < 4.78 is 1.44. The van der Waals surface area contributed by atoms with Gasteiger partial charge in [0.25, 0.3) is 11.5 Å². The molecule has 2 aliphatic rings. The van der Waals surface area contributed by atoms with Crippen molar-refractivity contribution < 1.29 is 9.59 Å². The minimum atomic E-state index is -0.966. The Bertz CT molecular complexity index is 1110. The van der Waals surface area contributed by atoms with Crippen LogP contribution in [-0.4, -0.2) is 26.2 Å². The molecule has 3 aromatic heterocycles. The number of imide groups is 1. The number of urea groups is 1. The monoisotopic (exact) mass is 386 g/mol. The molecule has 3 aromatic rings. The van der Waals surface area contributed by atoms with E-state index in [1.165, 1.54) is 26.7 Å². The molecule has 0 saturated carbocycles. The number of carbonyl (C=O) groups is 2. The number of thiazole rings is 1. The fraction of sp³-hybridized carbons (Fsp3) is 0.294. The van der Waals surface area contributed by atoms with Gasteiger partial charge in [-0.15, -0.1) is 22.7 Å². The maximum absolute atomic E-state index is 13.2. The molecule has 26 heavy (non-hydrogen) atoms. The molecule has 9 heteroatoms. The van der Waals surface area contributed by atoms with Gasteiger partial charge in [-0.1, -0.05) is 0 Å². The molecule has 0 aromatic carbocycles. The Morgan fingerprint density at radius 3 is 3.00 bits per heavy atom. The summed E-state index contributed by atoms with van der Waals surface area (Å²) in [7, 11) is 0. The highest BCUT2D eigenvalue weighted by molar-refractivity contribution is 7.15. The lowest BCUT2D eigenvalue weighted by molar-refractivity contribution is -0.132. The van der Waals surface area contributed by atoms with Gasteiger partial charge in [-0.2, -0.15) is 0 Å². The second kappa shape index (κ2) is 5.49. The number of fused-ring (bicyclic) bond motifs is 3. The lowest BCUT2D eigenvalue weighted by Gasteiger charge is -2.31. The zero-order valence-electron chi connectivity index (χ0n) is 13.6. The van der Waals surface area contributed by atoms with Crippen molar-refractivity contribution in [2.24, 2.45) is 0 Å². The van der Waals surface area contributed by atoms with Crippen LogP contribution in [0.5, 0.6) is 0 Å². The van der Waals surface area contributed by atoms with E-state index in [-0.39, 0.29) is 18.0 Å². The van der Waals surface area contributed by atoms with Gasteiger partial charge in [0.1, 0.15) is 5.54 Å². The van der Waals surface area contributed by atoms with Gasteiger partial charge >= 0.3 is 6.03 Å². The molecule has 1 N–H and O–H groups in total. The van der Waals surface area contributed by atoms with Crippen molar-refractivity contribution in [1.82, 2.24) is 19.6 Å². The lowest BCUT2D eigenvalue weighted by atomic mass is 9.80. The van der Waals surface area contributed by atoms with Gasteiger partial charge in [-0.25, -0.2) is 9.78 Å². The van der Waals surface area contributed by atoms with Crippen LogP contribution < -0.4 is 10.9 Å². The summed E-state index contributed by atoms with van der Waals surface area (Å²) in [5, 5.41) is 6.65. The molecule has 0 bridgehead atoms. The first-order chi connectivity index (χ1) is 12.6. The Labute approximate surface area is 155 Å². The summed E-state index contributed by atoms with van der Waals surface area (Å²) in [4.78, 5) is 45.2. The van der Waals surface area contributed by atoms with Crippen LogP contribution in [-0.2, 0) is 23.3 Å². The maximum atomic E-state index is 13.2. The van der Waals surface area contributed by atoms with Gasteiger partial charge in [0.15, 0.2) is 4.96 Å². The normalized spacial score (nSPS) is 22.2. The number of hydrogen-bond donors (Lipinski definition) is 1. The van der Waals surface area contributed by atoms with E-state index < -0.39 is 11.6 Å². The Balaban J connectivity index is 1.52. The summed E-state index contributed by atoms with van der Waals surface area (Å²) in [6.45, 7) is -0.00444. The van der Waals surface area contributed by atoms with Crippen molar-refractivity contribution in [2.75, 3.05) is 0 Å². The van der Waals surface area contributed by atoms with E-state index in [9.17, 15) is 14.4 Å². The summed E-state index contributed by atoms with van der Waals surface area (Å²) in [6, 6.07) is 2.88. The van der Waals surface area contributed by atoms with Crippen LogP contribution in [0.2, 0.25) is 0 Å². The third kappa shape index (κ3) is 2.10. The van der Waals surface area contributed by atoms with Crippen molar-refractivity contribution in [3.05, 3.63) is 55.6 Å². The molecule has 7 nitrogen and oxygen atoms in total. The molecule has 1 saturated heterocycles. The molecular formula is C17H14N4O3S2. The van der Waals surface area contributed by atoms with Crippen LogP contribution in [0.1, 0.15) is 29.0 Å². The quantitative estimate of drug-likeness (QED) is 0.684. The van der Waals surface area contributed by atoms with Crippen molar-refractivity contribution in [3.63, 3.8) is 0 Å². The third-order valence-electron chi connectivity index (χ3n) is 5.01. The number of amides is 3. The Kier molecular flexibility index (Phi) is 3.32. The highest BCUT2D eigenvalue weighted by atomic mass is 32.1. The SMILES string of the molecule is O=C1N[C@@]2(CCCc3sccc32)C(=O)N1Cc1cc(=O)n2ccsc2n1.